The molecule has 1 aliphatic heterocycles. The number of aliphatic imine (C=N–C) groups is 1. The Morgan fingerprint density at radius 1 is 1.04 bits per heavy atom. The van der Waals surface area contributed by atoms with Crippen molar-refractivity contribution < 1.29 is 4.79 Å². The van der Waals surface area contributed by atoms with E-state index in [9.17, 15) is 4.79 Å². The van der Waals surface area contributed by atoms with E-state index in [2.05, 4.69) is 10.3 Å². The monoisotopic (exact) mass is 458 g/mol. The van der Waals surface area contributed by atoms with Gasteiger partial charge in [0.25, 0.3) is 0 Å². The van der Waals surface area contributed by atoms with Crippen LogP contribution >= 0.6 is 58.3 Å². The Kier molecular flexibility index (Phi) is 7.40. The van der Waals surface area contributed by atoms with E-state index in [1.165, 1.54) is 11.8 Å². The third-order valence-electron chi connectivity index (χ3n) is 3.88. The van der Waals surface area contributed by atoms with Crippen molar-refractivity contribution >= 4 is 68.6 Å². The molecule has 0 bridgehead atoms. The van der Waals surface area contributed by atoms with Crippen LogP contribution in [0.15, 0.2) is 65.7 Å². The predicted molar refractivity (Wildman–Crippen MR) is 119 cm³/mol. The van der Waals surface area contributed by atoms with Gasteiger partial charge >= 0.3 is 0 Å². The van der Waals surface area contributed by atoms with E-state index in [1.807, 2.05) is 60.7 Å². The first kappa shape index (κ1) is 20.9. The summed E-state index contributed by atoms with van der Waals surface area (Å²) >= 11 is 21.3. The van der Waals surface area contributed by atoms with Crippen molar-refractivity contribution in [1.29, 1.82) is 0 Å². The van der Waals surface area contributed by atoms with Crippen LogP contribution in [0.2, 0.25) is 0 Å². The molecule has 1 amide bonds. The lowest BCUT2D eigenvalue weighted by molar-refractivity contribution is -0.121. The molecule has 1 heterocycles. The van der Waals surface area contributed by atoms with Crippen LogP contribution in [0.3, 0.4) is 0 Å². The average molecular weight is 460 g/mol. The average Bonchev–Trinajstić information content (AvgIpc) is 3.16. The number of hydrogen-bond donors (Lipinski definition) is 1. The molecule has 0 saturated carbocycles. The molecule has 0 unspecified atom stereocenters. The maximum Gasteiger partial charge on any atom is 0.233 e. The topological polar surface area (TPSA) is 41.5 Å². The number of carbonyl (C=O) groups excluding carboxylic acids is 1. The highest BCUT2D eigenvalue weighted by atomic mass is 35.6. The second-order valence-corrected chi connectivity index (χ2v) is 10.6. The van der Waals surface area contributed by atoms with Gasteiger partial charge in [0, 0.05) is 5.75 Å². The zero-order chi connectivity index (χ0) is 19.3. The first-order valence-corrected chi connectivity index (χ1v) is 11.3. The van der Waals surface area contributed by atoms with Crippen molar-refractivity contribution in [2.75, 3.05) is 12.3 Å². The summed E-state index contributed by atoms with van der Waals surface area (Å²) in [6, 6.07) is 19.1. The van der Waals surface area contributed by atoms with E-state index < -0.39 is 15.1 Å². The van der Waals surface area contributed by atoms with E-state index in [1.54, 1.807) is 11.8 Å². The van der Waals surface area contributed by atoms with Crippen molar-refractivity contribution in [2.24, 2.45) is 4.99 Å². The minimum absolute atomic E-state index is 0.222. The summed E-state index contributed by atoms with van der Waals surface area (Å²) in [5, 5.41) is 2.17. The number of halogens is 3. The zero-order valence-electron chi connectivity index (χ0n) is 14.1. The molecule has 27 heavy (non-hydrogen) atoms. The Hall–Kier alpha value is -0.850. The fourth-order valence-electron chi connectivity index (χ4n) is 2.66. The van der Waals surface area contributed by atoms with Crippen LogP contribution in [0.5, 0.6) is 0 Å². The normalized spacial score (nSPS) is 15.5. The first-order chi connectivity index (χ1) is 12.9. The van der Waals surface area contributed by atoms with Crippen molar-refractivity contribution in [3.05, 3.63) is 71.8 Å². The molecule has 2 aromatic rings. The fraction of sp³-hybridized carbons (Fsp3) is 0.263. The molecular formula is C19H17Cl3N2OS2. The molecule has 0 aliphatic carbocycles. The molecule has 3 rings (SSSR count). The van der Waals surface area contributed by atoms with Crippen LogP contribution in [0.1, 0.15) is 17.0 Å². The summed E-state index contributed by atoms with van der Waals surface area (Å²) in [6.07, 6.45) is 0. The van der Waals surface area contributed by atoms with Gasteiger partial charge in [-0.25, -0.2) is 0 Å². The smallest absolute Gasteiger partial charge is 0.233 e. The molecule has 0 saturated heterocycles. The molecule has 8 heteroatoms. The van der Waals surface area contributed by atoms with Crippen molar-refractivity contribution in [3.63, 3.8) is 0 Å². The molecular weight excluding hydrogens is 443 g/mol. The van der Waals surface area contributed by atoms with E-state index in [0.29, 0.717) is 0 Å². The highest BCUT2D eigenvalue weighted by Crippen LogP contribution is 2.40. The third kappa shape index (κ3) is 5.81. The summed E-state index contributed by atoms with van der Waals surface area (Å²) in [5.74, 6) is 0.181. The van der Waals surface area contributed by atoms with Crippen molar-refractivity contribution in [1.82, 2.24) is 5.32 Å². The lowest BCUT2D eigenvalue weighted by Gasteiger charge is -2.27. The summed E-state index contributed by atoms with van der Waals surface area (Å²) in [6.45, 7) is 0.740. The Morgan fingerprint density at radius 3 is 2.04 bits per heavy atom. The molecule has 1 N–H and O–H groups in total. The maximum atomic E-state index is 13.2. The number of thioether (sulfide) groups is 2. The molecule has 142 valence electrons. The van der Waals surface area contributed by atoms with Crippen LogP contribution in [-0.2, 0) is 4.79 Å². The number of hydrogen-bond acceptors (Lipinski definition) is 4. The van der Waals surface area contributed by atoms with Gasteiger partial charge in [-0.2, -0.15) is 0 Å². The van der Waals surface area contributed by atoms with Gasteiger partial charge in [0.2, 0.25) is 9.70 Å². The van der Waals surface area contributed by atoms with Gasteiger partial charge in [0.1, 0.15) is 9.75 Å². The van der Waals surface area contributed by atoms with Crippen LogP contribution < -0.4 is 5.32 Å². The van der Waals surface area contributed by atoms with Crippen molar-refractivity contribution in [2.45, 2.75) is 15.1 Å². The van der Waals surface area contributed by atoms with Crippen LogP contribution in [0.25, 0.3) is 0 Å². The van der Waals surface area contributed by atoms with E-state index >= 15 is 0 Å². The van der Waals surface area contributed by atoms with Gasteiger partial charge in [0.15, 0.2) is 0 Å². The summed E-state index contributed by atoms with van der Waals surface area (Å²) in [4.78, 5) is 17.6. The van der Waals surface area contributed by atoms with E-state index in [0.717, 1.165) is 27.8 Å². The van der Waals surface area contributed by atoms with Crippen molar-refractivity contribution in [3.8, 4) is 0 Å². The SMILES string of the molecule is O=C(N[C@H](SC1=NCCS1)C(Cl)(Cl)Cl)C(c1ccccc1)c1ccccc1. The third-order valence-corrected chi connectivity index (χ3v) is 7.36. The largest absolute Gasteiger partial charge is 0.339 e. The maximum absolute atomic E-state index is 13.2. The number of benzene rings is 2. The van der Waals surface area contributed by atoms with Crippen LogP contribution in [0, 0.1) is 0 Å². The van der Waals surface area contributed by atoms with E-state index in [4.69, 9.17) is 34.8 Å². The second kappa shape index (κ2) is 9.57. The molecule has 0 fully saturated rings. The molecule has 1 aliphatic rings. The zero-order valence-corrected chi connectivity index (χ0v) is 18.0. The van der Waals surface area contributed by atoms with Crippen LogP contribution in [0.4, 0.5) is 0 Å². The number of carbonyl (C=O) groups is 1. The standard InChI is InChI=1S/C19H17Cl3N2OS2/c20-19(21,22)17(27-18-23-11-12-26-18)24-16(25)15(13-7-3-1-4-8-13)14-9-5-2-6-10-14/h1-10,15,17H,11-12H2,(H,24,25)/t17-/m1/s1. The lowest BCUT2D eigenvalue weighted by atomic mass is 9.90. The summed E-state index contributed by atoms with van der Waals surface area (Å²) in [7, 11) is 0. The Morgan fingerprint density at radius 2 is 1.59 bits per heavy atom. The Balaban J connectivity index is 1.86. The molecule has 3 nitrogen and oxygen atoms in total. The molecule has 0 spiro atoms. The molecule has 2 aromatic carbocycles. The van der Waals surface area contributed by atoms with Gasteiger partial charge < -0.3 is 5.32 Å². The van der Waals surface area contributed by atoms with Crippen LogP contribution in [-0.4, -0.2) is 31.7 Å². The summed E-state index contributed by atoms with van der Waals surface area (Å²) < 4.78 is -0.841. The fourth-order valence-corrected chi connectivity index (χ4v) is 5.26. The van der Waals surface area contributed by atoms with Gasteiger partial charge in [0.05, 0.1) is 12.5 Å². The van der Waals surface area contributed by atoms with Gasteiger partial charge in [-0.3, -0.25) is 9.79 Å². The number of amides is 1. The molecule has 0 aromatic heterocycles. The molecule has 1 atom stereocenters. The number of nitrogens with one attached hydrogen (secondary N) is 1. The first-order valence-electron chi connectivity index (χ1n) is 8.26. The molecule has 0 radical (unpaired) electrons. The van der Waals surface area contributed by atoms with Gasteiger partial charge in [-0.05, 0) is 11.1 Å². The lowest BCUT2D eigenvalue weighted by Crippen LogP contribution is -2.44. The number of nitrogens with zero attached hydrogens (tertiary/aromatic N) is 1. The predicted octanol–water partition coefficient (Wildman–Crippen LogP) is 5.47. The Bertz CT molecular complexity index is 758. The number of rotatable bonds is 5. The number of alkyl halides is 3. The van der Waals surface area contributed by atoms with Gasteiger partial charge in [-0.15, -0.1) is 0 Å². The highest BCUT2D eigenvalue weighted by molar-refractivity contribution is 8.39. The second-order valence-electron chi connectivity index (χ2n) is 5.80. The van der Waals surface area contributed by atoms with E-state index in [-0.39, 0.29) is 5.91 Å². The Labute approximate surface area is 182 Å². The van der Waals surface area contributed by atoms with Gasteiger partial charge in [-0.1, -0.05) is 119 Å². The minimum Gasteiger partial charge on any atom is -0.339 e. The minimum atomic E-state index is -1.66. The highest BCUT2D eigenvalue weighted by Gasteiger charge is 2.38. The summed E-state index contributed by atoms with van der Waals surface area (Å²) in [5.41, 5.74) is 1.75. The quantitative estimate of drug-likeness (QED) is 0.476.